The molecule has 0 amide bonds. The number of hydrogen-bond donors (Lipinski definition) is 1. The molecule has 0 spiro atoms. The van der Waals surface area contributed by atoms with Crippen molar-refractivity contribution in [1.82, 2.24) is 5.32 Å². The predicted molar refractivity (Wildman–Crippen MR) is 83.1 cm³/mol. The molecule has 3 heteroatoms. The van der Waals surface area contributed by atoms with Crippen molar-refractivity contribution < 1.29 is 4.74 Å². The van der Waals surface area contributed by atoms with Crippen LogP contribution in [0.25, 0.3) is 0 Å². The Morgan fingerprint density at radius 3 is 2.55 bits per heavy atom. The Bertz CT molecular complexity index is 434. The molecule has 0 aliphatic carbocycles. The second-order valence-electron chi connectivity index (χ2n) is 6.16. The van der Waals surface area contributed by atoms with Gasteiger partial charge in [-0.15, -0.1) is 0 Å². The van der Waals surface area contributed by atoms with E-state index < -0.39 is 0 Å². The molecule has 1 N–H and O–H groups in total. The second kappa shape index (κ2) is 6.15. The van der Waals surface area contributed by atoms with Gasteiger partial charge in [-0.2, -0.15) is 0 Å². The fourth-order valence-electron chi connectivity index (χ4n) is 4.05. The molecule has 110 valence electrons. The Morgan fingerprint density at radius 1 is 1.20 bits per heavy atom. The Morgan fingerprint density at radius 2 is 1.90 bits per heavy atom. The van der Waals surface area contributed by atoms with Crippen molar-refractivity contribution in [3.63, 3.8) is 0 Å². The SMILES string of the molecule is CNC1CC2CCCC(C1)N2c1ccccc1COC. The van der Waals surface area contributed by atoms with E-state index in [1.54, 1.807) is 7.11 Å². The number of nitrogens with one attached hydrogen (secondary N) is 1. The van der Waals surface area contributed by atoms with Gasteiger partial charge in [0.05, 0.1) is 6.61 Å². The van der Waals surface area contributed by atoms with E-state index in [-0.39, 0.29) is 0 Å². The summed E-state index contributed by atoms with van der Waals surface area (Å²) in [5.74, 6) is 0. The highest BCUT2D eigenvalue weighted by molar-refractivity contribution is 5.56. The van der Waals surface area contributed by atoms with E-state index in [2.05, 4.69) is 41.5 Å². The molecule has 1 aromatic carbocycles. The maximum Gasteiger partial charge on any atom is 0.0733 e. The largest absolute Gasteiger partial charge is 0.380 e. The first-order chi connectivity index (χ1) is 9.83. The first-order valence-electron chi connectivity index (χ1n) is 7.86. The topological polar surface area (TPSA) is 24.5 Å². The van der Waals surface area contributed by atoms with Gasteiger partial charge in [-0.05, 0) is 45.2 Å². The highest BCUT2D eigenvalue weighted by Crippen LogP contribution is 2.39. The molecular weight excluding hydrogens is 248 g/mol. The third kappa shape index (κ3) is 2.57. The quantitative estimate of drug-likeness (QED) is 0.913. The third-order valence-corrected chi connectivity index (χ3v) is 4.95. The Hall–Kier alpha value is -1.06. The van der Waals surface area contributed by atoms with E-state index in [0.717, 1.165) is 0 Å². The Labute approximate surface area is 122 Å². The number of hydrogen-bond acceptors (Lipinski definition) is 3. The zero-order chi connectivity index (χ0) is 13.9. The number of nitrogens with zero attached hydrogens (tertiary/aromatic N) is 1. The summed E-state index contributed by atoms with van der Waals surface area (Å²) in [6.45, 7) is 0.710. The van der Waals surface area contributed by atoms with Crippen LogP contribution in [0.3, 0.4) is 0 Å². The molecule has 2 fully saturated rings. The molecule has 2 bridgehead atoms. The van der Waals surface area contributed by atoms with Gasteiger partial charge in [-0.3, -0.25) is 0 Å². The van der Waals surface area contributed by atoms with Crippen molar-refractivity contribution in [2.75, 3.05) is 19.1 Å². The van der Waals surface area contributed by atoms with E-state index in [0.29, 0.717) is 24.7 Å². The molecule has 0 radical (unpaired) electrons. The van der Waals surface area contributed by atoms with Crippen molar-refractivity contribution in [3.8, 4) is 0 Å². The number of para-hydroxylation sites is 1. The van der Waals surface area contributed by atoms with Crippen molar-refractivity contribution in [1.29, 1.82) is 0 Å². The van der Waals surface area contributed by atoms with Crippen LogP contribution in [-0.4, -0.2) is 32.3 Å². The van der Waals surface area contributed by atoms with Crippen LogP contribution in [0.2, 0.25) is 0 Å². The second-order valence-corrected chi connectivity index (χ2v) is 6.16. The van der Waals surface area contributed by atoms with Crippen LogP contribution in [0.5, 0.6) is 0 Å². The van der Waals surface area contributed by atoms with Gasteiger partial charge in [0.1, 0.15) is 0 Å². The standard InChI is InChI=1S/C17H26N2O/c1-18-14-10-15-7-5-8-16(11-14)19(15)17-9-4-3-6-13(17)12-20-2/h3-4,6,9,14-16,18H,5,7-8,10-12H2,1-2H3. The lowest BCUT2D eigenvalue weighted by Crippen LogP contribution is -2.56. The molecule has 0 saturated carbocycles. The highest BCUT2D eigenvalue weighted by Gasteiger charge is 2.38. The number of piperidine rings is 2. The number of methoxy groups -OCH3 is 1. The lowest BCUT2D eigenvalue weighted by Gasteiger charge is -2.50. The number of rotatable bonds is 4. The van der Waals surface area contributed by atoms with Gasteiger partial charge in [0.2, 0.25) is 0 Å². The molecule has 0 aromatic heterocycles. The van der Waals surface area contributed by atoms with Crippen molar-refractivity contribution in [2.24, 2.45) is 0 Å². The molecule has 1 aromatic rings. The zero-order valence-corrected chi connectivity index (χ0v) is 12.6. The molecule has 2 aliphatic heterocycles. The molecule has 2 unspecified atom stereocenters. The average molecular weight is 274 g/mol. The van der Waals surface area contributed by atoms with Gasteiger partial charge in [0, 0.05) is 36.5 Å². The molecule has 20 heavy (non-hydrogen) atoms. The van der Waals surface area contributed by atoms with E-state index in [1.165, 1.54) is 43.4 Å². The number of ether oxygens (including phenoxy) is 1. The minimum atomic E-state index is 0.691. The third-order valence-electron chi connectivity index (χ3n) is 4.95. The van der Waals surface area contributed by atoms with Crippen molar-refractivity contribution in [2.45, 2.75) is 56.8 Å². The van der Waals surface area contributed by atoms with E-state index >= 15 is 0 Å². The fourth-order valence-corrected chi connectivity index (χ4v) is 4.05. The molecule has 3 nitrogen and oxygen atoms in total. The number of anilines is 1. The summed E-state index contributed by atoms with van der Waals surface area (Å²) >= 11 is 0. The summed E-state index contributed by atoms with van der Waals surface area (Å²) < 4.78 is 5.38. The van der Waals surface area contributed by atoms with Gasteiger partial charge < -0.3 is 15.0 Å². The number of fused-ring (bicyclic) bond motifs is 2. The molecular formula is C17H26N2O. The molecule has 2 saturated heterocycles. The molecule has 2 heterocycles. The summed E-state index contributed by atoms with van der Waals surface area (Å²) in [6, 6.07) is 10.8. The maximum atomic E-state index is 5.38. The lowest BCUT2D eigenvalue weighted by molar-refractivity contribution is 0.184. The maximum absolute atomic E-state index is 5.38. The predicted octanol–water partition coefficient (Wildman–Crippen LogP) is 2.94. The summed E-state index contributed by atoms with van der Waals surface area (Å²) in [5.41, 5.74) is 2.73. The van der Waals surface area contributed by atoms with Crippen LogP contribution in [0, 0.1) is 0 Å². The Kier molecular flexibility index (Phi) is 4.27. The fraction of sp³-hybridized carbons (Fsp3) is 0.647. The molecule has 2 aliphatic rings. The number of benzene rings is 1. The first-order valence-corrected chi connectivity index (χ1v) is 7.86. The van der Waals surface area contributed by atoms with Crippen LogP contribution < -0.4 is 10.2 Å². The van der Waals surface area contributed by atoms with Crippen LogP contribution in [0.15, 0.2) is 24.3 Å². The van der Waals surface area contributed by atoms with Crippen molar-refractivity contribution in [3.05, 3.63) is 29.8 Å². The van der Waals surface area contributed by atoms with Crippen LogP contribution in [0.4, 0.5) is 5.69 Å². The lowest BCUT2D eigenvalue weighted by atomic mass is 9.81. The van der Waals surface area contributed by atoms with Gasteiger partial charge in [-0.1, -0.05) is 18.2 Å². The molecule has 3 rings (SSSR count). The highest BCUT2D eigenvalue weighted by atomic mass is 16.5. The van der Waals surface area contributed by atoms with Crippen LogP contribution >= 0.6 is 0 Å². The Balaban J connectivity index is 1.89. The van der Waals surface area contributed by atoms with E-state index in [9.17, 15) is 0 Å². The summed E-state index contributed by atoms with van der Waals surface area (Å²) in [4.78, 5) is 2.70. The summed E-state index contributed by atoms with van der Waals surface area (Å²) in [6.07, 6.45) is 6.59. The minimum absolute atomic E-state index is 0.691. The average Bonchev–Trinajstić information content (AvgIpc) is 2.47. The van der Waals surface area contributed by atoms with Gasteiger partial charge >= 0.3 is 0 Å². The monoisotopic (exact) mass is 274 g/mol. The van der Waals surface area contributed by atoms with Gasteiger partial charge in [0.25, 0.3) is 0 Å². The van der Waals surface area contributed by atoms with Gasteiger partial charge in [-0.25, -0.2) is 0 Å². The van der Waals surface area contributed by atoms with Crippen LogP contribution in [-0.2, 0) is 11.3 Å². The van der Waals surface area contributed by atoms with E-state index in [1.807, 2.05) is 0 Å². The smallest absolute Gasteiger partial charge is 0.0733 e. The summed E-state index contributed by atoms with van der Waals surface area (Å²) in [7, 11) is 3.89. The molecule has 2 atom stereocenters. The summed E-state index contributed by atoms with van der Waals surface area (Å²) in [5, 5.41) is 3.49. The van der Waals surface area contributed by atoms with Crippen molar-refractivity contribution >= 4 is 5.69 Å². The van der Waals surface area contributed by atoms with Gasteiger partial charge in [0.15, 0.2) is 0 Å². The first kappa shape index (κ1) is 13.9. The minimum Gasteiger partial charge on any atom is -0.380 e. The van der Waals surface area contributed by atoms with E-state index in [4.69, 9.17) is 4.74 Å². The normalized spacial score (nSPS) is 29.5. The zero-order valence-electron chi connectivity index (χ0n) is 12.6. The van der Waals surface area contributed by atoms with Crippen LogP contribution in [0.1, 0.15) is 37.7 Å².